The van der Waals surface area contributed by atoms with Gasteiger partial charge in [0.25, 0.3) is 5.91 Å². The number of hydrogen-bond donors (Lipinski definition) is 1. The van der Waals surface area contributed by atoms with Crippen LogP contribution >= 0.6 is 11.6 Å². The van der Waals surface area contributed by atoms with Crippen molar-refractivity contribution >= 4 is 38.9 Å². The fraction of sp³-hybridized carbons (Fsp3) is 0.188. The Morgan fingerprint density at radius 1 is 1.17 bits per heavy atom. The number of rotatable bonds is 3. The molecule has 2 aromatic carbocycles. The molecule has 0 bridgehead atoms. The van der Waals surface area contributed by atoms with Gasteiger partial charge in [0, 0.05) is 12.2 Å². The quantitative estimate of drug-likeness (QED) is 0.904. The standard InChI is InChI=1S/C16H14ClFN2O3S/c17-13-3-1-4-14(18)15(13)16(21)19-11-5-7-12(8-6-11)20-9-2-10-24(20,22)23/h1,3-8H,2,9-10H2,(H,19,21). The van der Waals surface area contributed by atoms with Crippen LogP contribution in [0.5, 0.6) is 0 Å². The number of amides is 1. The van der Waals surface area contributed by atoms with Crippen LogP contribution in [0.1, 0.15) is 16.8 Å². The number of halogens is 2. The predicted octanol–water partition coefficient (Wildman–Crippen LogP) is 3.27. The van der Waals surface area contributed by atoms with Crippen molar-refractivity contribution < 1.29 is 17.6 Å². The van der Waals surface area contributed by atoms with Crippen molar-refractivity contribution in [3.05, 3.63) is 58.9 Å². The van der Waals surface area contributed by atoms with E-state index in [1.165, 1.54) is 16.4 Å². The molecule has 1 N–H and O–H groups in total. The van der Waals surface area contributed by atoms with Crippen molar-refractivity contribution in [1.82, 2.24) is 0 Å². The van der Waals surface area contributed by atoms with Gasteiger partial charge in [-0.1, -0.05) is 17.7 Å². The Kier molecular flexibility index (Phi) is 4.47. The fourth-order valence-corrected chi connectivity index (χ4v) is 4.36. The lowest BCUT2D eigenvalue weighted by Gasteiger charge is -2.17. The normalized spacial score (nSPS) is 16.2. The second kappa shape index (κ2) is 6.41. The third-order valence-corrected chi connectivity index (χ3v) is 5.89. The van der Waals surface area contributed by atoms with Gasteiger partial charge in [0.2, 0.25) is 10.0 Å². The van der Waals surface area contributed by atoms with Crippen molar-refractivity contribution in [2.45, 2.75) is 6.42 Å². The van der Waals surface area contributed by atoms with Gasteiger partial charge in [0.05, 0.1) is 22.0 Å². The van der Waals surface area contributed by atoms with Gasteiger partial charge < -0.3 is 5.32 Å². The average Bonchev–Trinajstić information content (AvgIpc) is 2.87. The zero-order valence-corrected chi connectivity index (χ0v) is 14.1. The molecule has 8 heteroatoms. The molecule has 0 atom stereocenters. The molecule has 1 saturated heterocycles. The van der Waals surface area contributed by atoms with Crippen LogP contribution in [-0.2, 0) is 10.0 Å². The molecular weight excluding hydrogens is 355 g/mol. The monoisotopic (exact) mass is 368 g/mol. The molecule has 5 nitrogen and oxygen atoms in total. The zero-order chi connectivity index (χ0) is 17.3. The Labute approximate surface area is 144 Å². The Balaban J connectivity index is 1.79. The maximum absolute atomic E-state index is 13.7. The van der Waals surface area contributed by atoms with E-state index < -0.39 is 21.7 Å². The molecule has 24 heavy (non-hydrogen) atoms. The molecule has 1 fully saturated rings. The van der Waals surface area contributed by atoms with Crippen LogP contribution in [0.25, 0.3) is 0 Å². The van der Waals surface area contributed by atoms with Crippen LogP contribution in [0.3, 0.4) is 0 Å². The first-order valence-electron chi connectivity index (χ1n) is 7.24. The second-order valence-electron chi connectivity index (χ2n) is 5.34. The van der Waals surface area contributed by atoms with Gasteiger partial charge in [0.1, 0.15) is 5.82 Å². The average molecular weight is 369 g/mol. The van der Waals surface area contributed by atoms with Crippen LogP contribution in [-0.4, -0.2) is 26.6 Å². The minimum atomic E-state index is -3.25. The summed E-state index contributed by atoms with van der Waals surface area (Å²) in [6, 6.07) is 10.3. The number of carbonyl (C=O) groups excluding carboxylic acids is 1. The summed E-state index contributed by atoms with van der Waals surface area (Å²) >= 11 is 5.86. The van der Waals surface area contributed by atoms with Crippen LogP contribution in [0, 0.1) is 5.82 Å². The lowest BCUT2D eigenvalue weighted by molar-refractivity contribution is 0.102. The minimum absolute atomic E-state index is 0.0206. The van der Waals surface area contributed by atoms with E-state index in [4.69, 9.17) is 11.6 Å². The summed E-state index contributed by atoms with van der Waals surface area (Å²) in [6.07, 6.45) is 0.590. The smallest absolute Gasteiger partial charge is 0.260 e. The summed E-state index contributed by atoms with van der Waals surface area (Å²) in [4.78, 5) is 12.2. The van der Waals surface area contributed by atoms with Gasteiger partial charge in [-0.3, -0.25) is 9.10 Å². The highest BCUT2D eigenvalue weighted by Crippen LogP contribution is 2.26. The molecule has 0 radical (unpaired) electrons. The van der Waals surface area contributed by atoms with Gasteiger partial charge in [0.15, 0.2) is 0 Å². The fourth-order valence-electron chi connectivity index (χ4n) is 2.55. The SMILES string of the molecule is O=C(Nc1ccc(N2CCCS2(=O)=O)cc1)c1c(F)cccc1Cl. The third kappa shape index (κ3) is 3.22. The van der Waals surface area contributed by atoms with Gasteiger partial charge in [-0.15, -0.1) is 0 Å². The topological polar surface area (TPSA) is 66.5 Å². The van der Waals surface area contributed by atoms with Crippen molar-refractivity contribution in [3.63, 3.8) is 0 Å². The number of hydrogen-bond acceptors (Lipinski definition) is 3. The Bertz CT molecular complexity index is 864. The van der Waals surface area contributed by atoms with Crippen molar-refractivity contribution in [2.75, 3.05) is 21.9 Å². The van der Waals surface area contributed by atoms with E-state index in [0.29, 0.717) is 24.3 Å². The van der Waals surface area contributed by atoms with E-state index in [0.717, 1.165) is 6.07 Å². The number of sulfonamides is 1. The molecule has 1 aliphatic rings. The van der Waals surface area contributed by atoms with Gasteiger partial charge in [-0.2, -0.15) is 0 Å². The highest BCUT2D eigenvalue weighted by Gasteiger charge is 2.28. The lowest BCUT2D eigenvalue weighted by Crippen LogP contribution is -2.25. The Morgan fingerprint density at radius 3 is 2.46 bits per heavy atom. The van der Waals surface area contributed by atoms with E-state index >= 15 is 0 Å². The molecular formula is C16H14ClFN2O3S. The Morgan fingerprint density at radius 2 is 1.88 bits per heavy atom. The lowest BCUT2D eigenvalue weighted by atomic mass is 10.2. The van der Waals surface area contributed by atoms with E-state index in [1.54, 1.807) is 24.3 Å². The second-order valence-corrected chi connectivity index (χ2v) is 7.76. The van der Waals surface area contributed by atoms with Gasteiger partial charge in [-0.25, -0.2) is 12.8 Å². The van der Waals surface area contributed by atoms with Crippen LogP contribution in [0.4, 0.5) is 15.8 Å². The number of carbonyl (C=O) groups is 1. The van der Waals surface area contributed by atoms with Gasteiger partial charge in [-0.05, 0) is 42.8 Å². The molecule has 0 spiro atoms. The van der Waals surface area contributed by atoms with Gasteiger partial charge >= 0.3 is 0 Å². The van der Waals surface area contributed by atoms with Crippen molar-refractivity contribution in [1.29, 1.82) is 0 Å². The molecule has 1 aliphatic heterocycles. The van der Waals surface area contributed by atoms with Crippen molar-refractivity contribution in [2.24, 2.45) is 0 Å². The first-order valence-corrected chi connectivity index (χ1v) is 9.23. The first kappa shape index (κ1) is 16.7. The minimum Gasteiger partial charge on any atom is -0.322 e. The zero-order valence-electron chi connectivity index (χ0n) is 12.5. The highest BCUT2D eigenvalue weighted by molar-refractivity contribution is 7.93. The summed E-state index contributed by atoms with van der Waals surface area (Å²) in [5.41, 5.74) is 0.722. The molecule has 0 saturated carbocycles. The number of benzene rings is 2. The van der Waals surface area contributed by atoms with Crippen LogP contribution < -0.4 is 9.62 Å². The summed E-state index contributed by atoms with van der Waals surface area (Å²) in [5, 5.41) is 2.57. The number of nitrogens with one attached hydrogen (secondary N) is 1. The highest BCUT2D eigenvalue weighted by atomic mass is 35.5. The molecule has 0 unspecified atom stereocenters. The molecule has 0 aliphatic carbocycles. The van der Waals surface area contributed by atoms with Crippen molar-refractivity contribution in [3.8, 4) is 0 Å². The number of nitrogens with zero attached hydrogens (tertiary/aromatic N) is 1. The maximum Gasteiger partial charge on any atom is 0.260 e. The summed E-state index contributed by atoms with van der Waals surface area (Å²) in [6.45, 7) is 0.443. The summed E-state index contributed by atoms with van der Waals surface area (Å²) < 4.78 is 38.8. The van der Waals surface area contributed by atoms with Crippen LogP contribution in [0.2, 0.25) is 5.02 Å². The molecule has 2 aromatic rings. The molecule has 1 heterocycles. The largest absolute Gasteiger partial charge is 0.322 e. The predicted molar refractivity (Wildman–Crippen MR) is 91.6 cm³/mol. The third-order valence-electron chi connectivity index (χ3n) is 3.70. The van der Waals surface area contributed by atoms with E-state index in [-0.39, 0.29) is 16.3 Å². The molecule has 3 rings (SSSR count). The number of anilines is 2. The Hall–Kier alpha value is -2.12. The molecule has 0 aromatic heterocycles. The van der Waals surface area contributed by atoms with E-state index in [1.807, 2.05) is 0 Å². The van der Waals surface area contributed by atoms with E-state index in [9.17, 15) is 17.6 Å². The summed E-state index contributed by atoms with van der Waals surface area (Å²) in [5.74, 6) is -1.24. The van der Waals surface area contributed by atoms with Crippen LogP contribution in [0.15, 0.2) is 42.5 Å². The molecule has 1 amide bonds. The maximum atomic E-state index is 13.7. The van der Waals surface area contributed by atoms with E-state index in [2.05, 4.69) is 5.32 Å². The summed E-state index contributed by atoms with van der Waals surface area (Å²) in [7, 11) is -3.25. The first-order chi connectivity index (χ1) is 11.4. The molecule has 126 valence electrons.